The second kappa shape index (κ2) is 11.0. The molecule has 2 aromatic rings. The van der Waals surface area contributed by atoms with Crippen LogP contribution in [0.2, 0.25) is 0 Å². The first kappa shape index (κ1) is 28.3. The van der Waals surface area contributed by atoms with Crippen LogP contribution < -0.4 is 14.8 Å². The van der Waals surface area contributed by atoms with Crippen LogP contribution in [-0.4, -0.2) is 77.5 Å². The van der Waals surface area contributed by atoms with Crippen LogP contribution in [0.1, 0.15) is 40.3 Å². The summed E-state index contributed by atoms with van der Waals surface area (Å²) >= 11 is 0. The van der Waals surface area contributed by atoms with Gasteiger partial charge in [0.05, 0.1) is 24.7 Å². The minimum absolute atomic E-state index is 0.0716. The van der Waals surface area contributed by atoms with Crippen LogP contribution in [0.15, 0.2) is 18.2 Å². The molecule has 2 N–H and O–H groups in total. The van der Waals surface area contributed by atoms with Crippen molar-refractivity contribution in [3.05, 3.63) is 23.9 Å². The lowest BCUT2D eigenvalue weighted by Gasteiger charge is -2.32. The molecule has 204 valence electrons. The Balaban J connectivity index is 1.93. The van der Waals surface area contributed by atoms with Crippen molar-refractivity contribution in [1.82, 2.24) is 20.2 Å². The van der Waals surface area contributed by atoms with Gasteiger partial charge >= 0.3 is 12.0 Å². The third-order valence-corrected chi connectivity index (χ3v) is 6.17. The van der Waals surface area contributed by atoms with E-state index >= 15 is 8.78 Å². The number of nitrogens with zero attached hydrogens (tertiary/aromatic N) is 3. The fraction of sp³-hybridized carbons (Fsp3) is 0.600. The maximum atomic E-state index is 15.2. The first-order chi connectivity index (χ1) is 17.3. The quantitative estimate of drug-likeness (QED) is 0.509. The summed E-state index contributed by atoms with van der Waals surface area (Å²) < 4.78 is 46.5. The molecule has 1 aliphatic heterocycles. The van der Waals surface area contributed by atoms with Gasteiger partial charge in [-0.3, -0.25) is 4.79 Å². The molecule has 0 unspecified atom stereocenters. The van der Waals surface area contributed by atoms with Gasteiger partial charge in [0.1, 0.15) is 24.5 Å². The number of carbonyl (C=O) groups excluding carboxylic acids is 1. The van der Waals surface area contributed by atoms with Crippen LogP contribution in [0, 0.1) is 11.3 Å². The number of hydrogen-bond acceptors (Lipinski definition) is 7. The molecule has 0 saturated carbocycles. The molecule has 0 aliphatic carbocycles. The van der Waals surface area contributed by atoms with E-state index in [9.17, 15) is 14.7 Å². The number of halogens is 2. The minimum Gasteiger partial charge on any atom is -0.497 e. The van der Waals surface area contributed by atoms with Gasteiger partial charge in [-0.2, -0.15) is 8.78 Å². The van der Waals surface area contributed by atoms with Gasteiger partial charge in [0, 0.05) is 25.1 Å². The monoisotopic (exact) mass is 524 g/mol. The highest BCUT2D eigenvalue weighted by molar-refractivity contribution is 5.86. The topological polar surface area (TPSA) is 123 Å². The van der Waals surface area contributed by atoms with Gasteiger partial charge in [-0.15, -0.1) is 0 Å². The molecular weight excluding hydrogens is 490 g/mol. The van der Waals surface area contributed by atoms with Gasteiger partial charge in [0.25, 0.3) is 0 Å². The molecular formula is C25H34F2N4O6. The molecule has 1 aliphatic rings. The maximum absolute atomic E-state index is 15.2. The van der Waals surface area contributed by atoms with Crippen molar-refractivity contribution in [1.29, 1.82) is 0 Å². The Bertz CT molecular complexity index is 1140. The van der Waals surface area contributed by atoms with Gasteiger partial charge in [-0.25, -0.2) is 14.8 Å². The third kappa shape index (κ3) is 6.54. The van der Waals surface area contributed by atoms with Crippen LogP contribution in [0.25, 0.3) is 11.0 Å². The zero-order valence-electron chi connectivity index (χ0n) is 21.9. The highest BCUT2D eigenvalue weighted by atomic mass is 19.3. The van der Waals surface area contributed by atoms with E-state index in [1.54, 1.807) is 39.8 Å². The number of likely N-dealkylation sites (tertiary alicyclic amines) is 1. The Kier molecular flexibility index (Phi) is 8.41. The summed E-state index contributed by atoms with van der Waals surface area (Å²) in [6.07, 6.45) is -1.98. The molecule has 10 nitrogen and oxygen atoms in total. The average Bonchev–Trinajstić information content (AvgIpc) is 3.19. The number of ether oxygens (including phenoxy) is 3. The highest BCUT2D eigenvalue weighted by Crippen LogP contribution is 2.36. The van der Waals surface area contributed by atoms with Crippen molar-refractivity contribution < 1.29 is 37.7 Å². The second-order valence-electron chi connectivity index (χ2n) is 10.2. The molecule has 1 fully saturated rings. The molecule has 1 aromatic carbocycles. The molecule has 1 aromatic heterocycles. The Morgan fingerprint density at radius 1 is 1.22 bits per heavy atom. The smallest absolute Gasteiger partial charge is 0.405 e. The summed E-state index contributed by atoms with van der Waals surface area (Å²) in [5.41, 5.74) is -0.795. The molecule has 1 saturated heterocycles. The van der Waals surface area contributed by atoms with Gasteiger partial charge < -0.3 is 29.5 Å². The van der Waals surface area contributed by atoms with Crippen molar-refractivity contribution in [2.75, 3.05) is 33.4 Å². The van der Waals surface area contributed by atoms with Crippen molar-refractivity contribution >= 4 is 23.0 Å². The fourth-order valence-corrected chi connectivity index (χ4v) is 4.13. The fourth-order valence-electron chi connectivity index (χ4n) is 4.13. The van der Waals surface area contributed by atoms with Crippen molar-refractivity contribution in [3.63, 3.8) is 0 Å². The zero-order valence-corrected chi connectivity index (χ0v) is 21.9. The number of carboxylic acid groups (broad SMARTS) is 1. The van der Waals surface area contributed by atoms with E-state index < -0.39 is 47.8 Å². The molecule has 3 atom stereocenters. The SMILES string of the molecule is CCOCC(F)(F)c1nc2ccc(OC)cc2nc1O[C@H]1CN(C(=O)[C@@H](NC(=O)O)C(C)(C)C)C[C@@H]1C. The number of carbonyl (C=O) groups is 2. The standard InChI is InChI=1S/C25H34F2N4O6/c1-7-36-13-25(26,27)19-21(29-17-10-15(35-6)8-9-16(17)28-19)37-18-12-31(11-14(18)2)22(32)20(24(3,4)5)30-23(33)34/h8-10,14,18,20,30H,7,11-13H2,1-6H3,(H,33,34)/t14-,18-,20+/m0/s1. The maximum Gasteiger partial charge on any atom is 0.405 e. The number of hydrogen-bond donors (Lipinski definition) is 2. The first-order valence-corrected chi connectivity index (χ1v) is 12.0. The number of benzene rings is 1. The average molecular weight is 525 g/mol. The normalized spacial score (nSPS) is 19.1. The minimum atomic E-state index is -3.48. The van der Waals surface area contributed by atoms with E-state index in [1.807, 2.05) is 6.92 Å². The van der Waals surface area contributed by atoms with Crippen LogP contribution in [0.5, 0.6) is 11.6 Å². The summed E-state index contributed by atoms with van der Waals surface area (Å²) in [5, 5.41) is 11.5. The number of amides is 2. The van der Waals surface area contributed by atoms with E-state index in [4.69, 9.17) is 14.2 Å². The summed E-state index contributed by atoms with van der Waals surface area (Å²) in [7, 11) is 1.48. The molecule has 0 bridgehead atoms. The first-order valence-electron chi connectivity index (χ1n) is 12.0. The van der Waals surface area contributed by atoms with E-state index in [0.29, 0.717) is 11.3 Å². The highest BCUT2D eigenvalue weighted by Gasteiger charge is 2.43. The van der Waals surface area contributed by atoms with Gasteiger partial charge in [0.2, 0.25) is 11.8 Å². The Morgan fingerprint density at radius 2 is 1.92 bits per heavy atom. The van der Waals surface area contributed by atoms with Gasteiger partial charge in [0.15, 0.2) is 5.69 Å². The number of methoxy groups -OCH3 is 1. The van der Waals surface area contributed by atoms with Crippen molar-refractivity contribution in [2.45, 2.75) is 52.7 Å². The summed E-state index contributed by atoms with van der Waals surface area (Å²) in [6.45, 7) is 8.24. The molecule has 0 radical (unpaired) electrons. The summed E-state index contributed by atoms with van der Waals surface area (Å²) in [6, 6.07) is 3.71. The van der Waals surface area contributed by atoms with Crippen LogP contribution in [-0.2, 0) is 15.5 Å². The molecule has 0 spiro atoms. The predicted molar refractivity (Wildman–Crippen MR) is 131 cm³/mol. The lowest BCUT2D eigenvalue weighted by atomic mass is 9.86. The number of nitrogens with one attached hydrogen (secondary N) is 1. The molecule has 3 rings (SSSR count). The van der Waals surface area contributed by atoms with E-state index in [1.165, 1.54) is 18.1 Å². The second-order valence-corrected chi connectivity index (χ2v) is 10.2. The molecule has 12 heteroatoms. The van der Waals surface area contributed by atoms with E-state index in [2.05, 4.69) is 15.3 Å². The van der Waals surface area contributed by atoms with Crippen LogP contribution in [0.4, 0.5) is 13.6 Å². The molecule has 37 heavy (non-hydrogen) atoms. The number of rotatable bonds is 9. The van der Waals surface area contributed by atoms with E-state index in [0.717, 1.165) is 0 Å². The third-order valence-electron chi connectivity index (χ3n) is 6.17. The van der Waals surface area contributed by atoms with Crippen LogP contribution in [0.3, 0.4) is 0 Å². The van der Waals surface area contributed by atoms with Crippen molar-refractivity contribution in [2.24, 2.45) is 11.3 Å². The summed E-state index contributed by atoms with van der Waals surface area (Å²) in [4.78, 5) is 34.5. The predicted octanol–water partition coefficient (Wildman–Crippen LogP) is 3.67. The number of aromatic nitrogens is 2. The lowest BCUT2D eigenvalue weighted by Crippen LogP contribution is -2.54. The van der Waals surface area contributed by atoms with Gasteiger partial charge in [-0.1, -0.05) is 27.7 Å². The molecule has 2 heterocycles. The number of fused-ring (bicyclic) bond motifs is 1. The van der Waals surface area contributed by atoms with E-state index in [-0.39, 0.29) is 37.0 Å². The van der Waals surface area contributed by atoms with Crippen molar-refractivity contribution in [3.8, 4) is 11.6 Å². The lowest BCUT2D eigenvalue weighted by molar-refractivity contribution is -0.135. The zero-order chi connectivity index (χ0) is 27.5. The molecule has 2 amide bonds. The number of alkyl halides is 2. The Morgan fingerprint density at radius 3 is 2.51 bits per heavy atom. The Hall–Kier alpha value is -3.28. The summed E-state index contributed by atoms with van der Waals surface area (Å²) in [5.74, 6) is -4.01. The largest absolute Gasteiger partial charge is 0.497 e. The van der Waals surface area contributed by atoms with Crippen LogP contribution >= 0.6 is 0 Å². The Labute approximate surface area is 214 Å². The van der Waals surface area contributed by atoms with Gasteiger partial charge in [-0.05, 0) is 24.5 Å².